The predicted octanol–water partition coefficient (Wildman–Crippen LogP) is 2.94. The number of hydrogen-bond donors (Lipinski definition) is 0. The van der Waals surface area contributed by atoms with Crippen molar-refractivity contribution in [3.63, 3.8) is 0 Å². The van der Waals surface area contributed by atoms with Crippen molar-refractivity contribution >= 4 is 52.2 Å². The number of Topliss-reactive ketones (excluding diaryl/α,β-unsaturated/α-hetero) is 1. The molecule has 0 spiro atoms. The molecular weight excluding hydrogens is 230 g/mol. The lowest BCUT2D eigenvalue weighted by Crippen LogP contribution is -2.70. The minimum atomic E-state index is -1.45. The first-order valence-corrected chi connectivity index (χ1v) is 4.47. The molecule has 0 saturated heterocycles. The molecule has 0 amide bonds. The van der Waals surface area contributed by atoms with Gasteiger partial charge in [0.05, 0.1) is 0 Å². The van der Waals surface area contributed by atoms with Gasteiger partial charge in [0.15, 0.2) is 8.67 Å². The van der Waals surface area contributed by atoms with Crippen LogP contribution in [0, 0.1) is 5.41 Å². The number of hydrogen-bond acceptors (Lipinski definition) is 1. The van der Waals surface area contributed by atoms with Gasteiger partial charge in [0.1, 0.15) is 0 Å². The van der Waals surface area contributed by atoms with E-state index in [0.717, 1.165) is 0 Å². The Morgan fingerprint density at radius 2 is 1.27 bits per heavy atom. The molecule has 1 nitrogen and oxygen atoms in total. The summed E-state index contributed by atoms with van der Waals surface area (Å²) in [6, 6.07) is 0. The summed E-state index contributed by atoms with van der Waals surface area (Å²) in [5.41, 5.74) is -0.802. The molecule has 64 valence electrons. The molecule has 0 unspecified atom stereocenters. The zero-order valence-electron chi connectivity index (χ0n) is 5.92. The van der Waals surface area contributed by atoms with Crippen LogP contribution in [0.25, 0.3) is 0 Å². The Balaban J connectivity index is 3.08. The molecule has 0 aliphatic heterocycles. The first-order valence-electron chi connectivity index (χ1n) is 2.96. The summed E-state index contributed by atoms with van der Waals surface area (Å²) in [7, 11) is 0. The van der Waals surface area contributed by atoms with Gasteiger partial charge in [-0.25, -0.2) is 0 Å². The van der Waals surface area contributed by atoms with E-state index in [4.69, 9.17) is 46.4 Å². The average molecular weight is 236 g/mol. The molecule has 0 aromatic rings. The van der Waals surface area contributed by atoms with Crippen LogP contribution in [0.4, 0.5) is 0 Å². The van der Waals surface area contributed by atoms with Crippen LogP contribution in [0.2, 0.25) is 0 Å². The SMILES string of the molecule is CC1(C)C(Cl)(Cl)C(=O)C1(Cl)Cl. The first-order chi connectivity index (χ1) is 4.65. The molecular formula is C6H6Cl4O. The molecule has 1 fully saturated rings. The third-order valence-electron chi connectivity index (χ3n) is 2.14. The van der Waals surface area contributed by atoms with E-state index in [9.17, 15) is 4.79 Å². The number of carbonyl (C=O) groups excluding carboxylic acids is 1. The summed E-state index contributed by atoms with van der Waals surface area (Å²) in [4.78, 5) is 11.1. The molecule has 0 radical (unpaired) electrons. The predicted molar refractivity (Wildman–Crippen MR) is 47.7 cm³/mol. The van der Waals surface area contributed by atoms with Crippen LogP contribution in [-0.4, -0.2) is 14.4 Å². The van der Waals surface area contributed by atoms with Crippen LogP contribution in [-0.2, 0) is 4.79 Å². The first kappa shape index (κ1) is 9.91. The van der Waals surface area contributed by atoms with E-state index in [1.54, 1.807) is 13.8 Å². The van der Waals surface area contributed by atoms with Gasteiger partial charge in [-0.15, -0.1) is 0 Å². The molecule has 5 heteroatoms. The van der Waals surface area contributed by atoms with Gasteiger partial charge < -0.3 is 0 Å². The third-order valence-corrected chi connectivity index (χ3v) is 4.72. The molecule has 0 bridgehead atoms. The Morgan fingerprint density at radius 3 is 1.36 bits per heavy atom. The quantitative estimate of drug-likeness (QED) is 0.591. The van der Waals surface area contributed by atoms with Gasteiger partial charge in [0.25, 0.3) is 0 Å². The average Bonchev–Trinajstić information content (AvgIpc) is 1.84. The van der Waals surface area contributed by atoms with E-state index < -0.39 is 19.9 Å². The highest BCUT2D eigenvalue weighted by Crippen LogP contribution is 2.64. The third kappa shape index (κ3) is 0.888. The van der Waals surface area contributed by atoms with E-state index >= 15 is 0 Å². The molecule has 1 saturated carbocycles. The Bertz CT molecular complexity index is 199. The summed E-state index contributed by atoms with van der Waals surface area (Å²) < 4.78 is -2.90. The smallest absolute Gasteiger partial charge is 0.205 e. The van der Waals surface area contributed by atoms with Gasteiger partial charge in [-0.05, 0) is 0 Å². The number of rotatable bonds is 0. The maximum absolute atomic E-state index is 11.1. The lowest BCUT2D eigenvalue weighted by atomic mass is 9.68. The second kappa shape index (κ2) is 2.20. The summed E-state index contributed by atoms with van der Waals surface area (Å²) in [6.45, 7) is 3.29. The van der Waals surface area contributed by atoms with Crippen LogP contribution in [0.15, 0.2) is 0 Å². The maximum atomic E-state index is 11.1. The van der Waals surface area contributed by atoms with Crippen molar-refractivity contribution < 1.29 is 4.79 Å². The molecule has 0 aromatic heterocycles. The zero-order valence-corrected chi connectivity index (χ0v) is 8.94. The Hall–Kier alpha value is 0.830. The largest absolute Gasteiger partial charge is 0.293 e. The highest BCUT2D eigenvalue weighted by atomic mass is 35.5. The molecule has 1 aliphatic carbocycles. The van der Waals surface area contributed by atoms with Crippen molar-refractivity contribution in [3.05, 3.63) is 0 Å². The topological polar surface area (TPSA) is 17.1 Å². The maximum Gasteiger partial charge on any atom is 0.205 e. The fraction of sp³-hybridized carbons (Fsp3) is 0.833. The Morgan fingerprint density at radius 1 is 1.00 bits per heavy atom. The zero-order chi connectivity index (χ0) is 9.08. The lowest BCUT2D eigenvalue weighted by Gasteiger charge is -2.54. The molecule has 11 heavy (non-hydrogen) atoms. The highest BCUT2D eigenvalue weighted by molar-refractivity contribution is 6.74. The van der Waals surface area contributed by atoms with E-state index in [1.807, 2.05) is 0 Å². The summed E-state index contributed by atoms with van der Waals surface area (Å²) in [5, 5.41) is 0. The van der Waals surface area contributed by atoms with Crippen LogP contribution in [0.5, 0.6) is 0 Å². The summed E-state index contributed by atoms with van der Waals surface area (Å²) >= 11 is 22.7. The van der Waals surface area contributed by atoms with E-state index in [2.05, 4.69) is 0 Å². The normalized spacial score (nSPS) is 31.3. The van der Waals surface area contributed by atoms with Gasteiger partial charge in [-0.3, -0.25) is 4.79 Å². The molecule has 0 N–H and O–H groups in total. The lowest BCUT2D eigenvalue weighted by molar-refractivity contribution is -0.133. The van der Waals surface area contributed by atoms with Crippen LogP contribution in [0.1, 0.15) is 13.8 Å². The van der Waals surface area contributed by atoms with Crippen molar-refractivity contribution in [2.75, 3.05) is 0 Å². The Kier molecular flexibility index (Phi) is 1.98. The number of halogens is 4. The number of ketones is 1. The van der Waals surface area contributed by atoms with Crippen LogP contribution >= 0.6 is 46.4 Å². The van der Waals surface area contributed by atoms with E-state index in [0.29, 0.717) is 0 Å². The molecule has 1 aliphatic rings. The van der Waals surface area contributed by atoms with Crippen molar-refractivity contribution in [1.82, 2.24) is 0 Å². The van der Waals surface area contributed by atoms with E-state index in [-0.39, 0.29) is 0 Å². The van der Waals surface area contributed by atoms with Crippen molar-refractivity contribution in [2.24, 2.45) is 5.41 Å². The van der Waals surface area contributed by atoms with Gasteiger partial charge >= 0.3 is 0 Å². The Labute approximate surface area is 84.9 Å². The molecule has 1 rings (SSSR count). The monoisotopic (exact) mass is 234 g/mol. The minimum Gasteiger partial charge on any atom is -0.293 e. The second-order valence-electron chi connectivity index (χ2n) is 3.10. The fourth-order valence-corrected chi connectivity index (χ4v) is 2.42. The minimum absolute atomic E-state index is 0.540. The molecule has 0 aromatic carbocycles. The van der Waals surface area contributed by atoms with E-state index in [1.165, 1.54) is 0 Å². The van der Waals surface area contributed by atoms with Gasteiger partial charge in [0, 0.05) is 5.41 Å². The molecule has 0 atom stereocenters. The van der Waals surface area contributed by atoms with Crippen molar-refractivity contribution in [1.29, 1.82) is 0 Å². The van der Waals surface area contributed by atoms with Gasteiger partial charge in [-0.1, -0.05) is 60.3 Å². The standard InChI is InChI=1S/C6H6Cl4O/c1-4(2)5(7,8)3(11)6(4,9)10/h1-2H3. The van der Waals surface area contributed by atoms with Gasteiger partial charge in [0.2, 0.25) is 5.78 Å². The number of alkyl halides is 4. The number of carbonyl (C=O) groups is 1. The van der Waals surface area contributed by atoms with Gasteiger partial charge in [-0.2, -0.15) is 0 Å². The van der Waals surface area contributed by atoms with Crippen LogP contribution in [0.3, 0.4) is 0 Å². The second-order valence-corrected chi connectivity index (χ2v) is 5.76. The molecule has 0 heterocycles. The summed E-state index contributed by atoms with van der Waals surface area (Å²) in [5.74, 6) is -0.540. The van der Waals surface area contributed by atoms with Crippen LogP contribution < -0.4 is 0 Å². The highest BCUT2D eigenvalue weighted by Gasteiger charge is 2.75. The fourth-order valence-electron chi connectivity index (χ4n) is 0.899. The summed E-state index contributed by atoms with van der Waals surface area (Å²) in [6.07, 6.45) is 0. The van der Waals surface area contributed by atoms with Crippen molar-refractivity contribution in [2.45, 2.75) is 22.5 Å². The van der Waals surface area contributed by atoms with Crippen molar-refractivity contribution in [3.8, 4) is 0 Å².